The minimum Gasteiger partial charge on any atom is -0.462 e. The van der Waals surface area contributed by atoms with E-state index < -0.39 is 0 Å². The van der Waals surface area contributed by atoms with Gasteiger partial charge in [-0.1, -0.05) is 45.6 Å². The third-order valence-corrected chi connectivity index (χ3v) is 11.6. The lowest BCUT2D eigenvalue weighted by molar-refractivity contribution is -0.164. The molecular formula is C32H53NO3. The molecule has 4 fully saturated rings. The standard InChI is InChI=1S/C32H53NO3/c1-6-7-8-9-10-11-12-13-14-30(35)36-23(2)25-16-17-26-24-15-18-28-32(4,22-20-29(34)33(28)5)27(24)19-21-31(25,26)3/h6,23-28H,1,7-22H2,2-5H3/t23?,24-,25+,26-,27-,28?,31+,32+/m0/s1. The fourth-order valence-electron chi connectivity index (χ4n) is 9.58. The van der Waals surface area contributed by atoms with Gasteiger partial charge in [-0.05, 0) is 99.7 Å². The summed E-state index contributed by atoms with van der Waals surface area (Å²) in [5, 5.41) is 0. The number of hydrogen-bond acceptors (Lipinski definition) is 3. The van der Waals surface area contributed by atoms with Gasteiger partial charge < -0.3 is 9.64 Å². The molecule has 0 radical (unpaired) electrons. The van der Waals surface area contributed by atoms with Gasteiger partial charge in [-0.3, -0.25) is 9.59 Å². The van der Waals surface area contributed by atoms with E-state index in [0.29, 0.717) is 24.3 Å². The van der Waals surface area contributed by atoms with Gasteiger partial charge in [0.2, 0.25) is 5.91 Å². The highest BCUT2D eigenvalue weighted by molar-refractivity contribution is 5.77. The molecule has 4 aliphatic rings. The van der Waals surface area contributed by atoms with Gasteiger partial charge in [0.25, 0.3) is 0 Å². The Morgan fingerprint density at radius 3 is 2.44 bits per heavy atom. The molecule has 0 aromatic rings. The topological polar surface area (TPSA) is 46.6 Å². The Labute approximate surface area is 221 Å². The van der Waals surface area contributed by atoms with Crippen LogP contribution in [0.3, 0.4) is 0 Å². The summed E-state index contributed by atoms with van der Waals surface area (Å²) in [6.45, 7) is 11.0. The monoisotopic (exact) mass is 499 g/mol. The number of hydrogen-bond donors (Lipinski definition) is 0. The number of fused-ring (bicyclic) bond motifs is 5. The highest BCUT2D eigenvalue weighted by Crippen LogP contribution is 2.66. The predicted molar refractivity (Wildman–Crippen MR) is 146 cm³/mol. The van der Waals surface area contributed by atoms with E-state index in [-0.39, 0.29) is 22.9 Å². The summed E-state index contributed by atoms with van der Waals surface area (Å²) in [4.78, 5) is 27.2. The van der Waals surface area contributed by atoms with Gasteiger partial charge in [-0.2, -0.15) is 0 Å². The smallest absolute Gasteiger partial charge is 0.306 e. The first-order valence-electron chi connectivity index (χ1n) is 15.3. The second-order valence-corrected chi connectivity index (χ2v) is 13.4. The van der Waals surface area contributed by atoms with Crippen LogP contribution < -0.4 is 0 Å². The van der Waals surface area contributed by atoms with E-state index in [4.69, 9.17) is 4.74 Å². The zero-order valence-corrected chi connectivity index (χ0v) is 23.7. The van der Waals surface area contributed by atoms with Crippen LogP contribution in [0.1, 0.15) is 124 Å². The first-order valence-corrected chi connectivity index (χ1v) is 15.3. The normalized spacial score (nSPS) is 38.6. The number of rotatable bonds is 11. The van der Waals surface area contributed by atoms with Crippen molar-refractivity contribution < 1.29 is 14.3 Å². The van der Waals surface area contributed by atoms with Crippen molar-refractivity contribution in [3.05, 3.63) is 12.7 Å². The predicted octanol–water partition coefficient (Wildman–Crippen LogP) is 7.70. The SMILES string of the molecule is C=CCCCCCCCCC(=O)OC(C)[C@H]1CC[C@H]2[C@@H]3CCC4N(C)C(=O)CC[C@]4(C)[C@H]3CC[C@]12C. The number of likely N-dealkylation sites (tertiary alicyclic amines) is 1. The number of piperidine rings is 1. The molecule has 2 unspecified atom stereocenters. The third-order valence-electron chi connectivity index (χ3n) is 11.6. The number of carbonyl (C=O) groups is 2. The Bertz CT molecular complexity index is 794. The molecule has 204 valence electrons. The van der Waals surface area contributed by atoms with Crippen molar-refractivity contribution in [1.82, 2.24) is 4.90 Å². The number of ether oxygens (including phenoxy) is 1. The van der Waals surface area contributed by atoms with Gasteiger partial charge in [0.05, 0.1) is 0 Å². The minimum atomic E-state index is 0.0119. The lowest BCUT2D eigenvalue weighted by Gasteiger charge is -2.62. The van der Waals surface area contributed by atoms with Gasteiger partial charge in [-0.25, -0.2) is 0 Å². The maximum Gasteiger partial charge on any atom is 0.306 e. The third kappa shape index (κ3) is 5.30. The highest BCUT2D eigenvalue weighted by Gasteiger charge is 2.61. The van der Waals surface area contributed by atoms with E-state index >= 15 is 0 Å². The molecule has 4 heteroatoms. The Hall–Kier alpha value is -1.32. The van der Waals surface area contributed by atoms with Crippen molar-refractivity contribution in [2.45, 2.75) is 136 Å². The zero-order chi connectivity index (χ0) is 25.9. The first-order chi connectivity index (χ1) is 17.2. The molecule has 1 saturated heterocycles. The van der Waals surface area contributed by atoms with Crippen LogP contribution >= 0.6 is 0 Å². The van der Waals surface area contributed by atoms with Crippen LogP contribution in [-0.4, -0.2) is 36.0 Å². The fraction of sp³-hybridized carbons (Fsp3) is 0.875. The quantitative estimate of drug-likeness (QED) is 0.166. The Balaban J connectivity index is 1.28. The average molecular weight is 500 g/mol. The van der Waals surface area contributed by atoms with Gasteiger partial charge >= 0.3 is 5.97 Å². The molecule has 0 spiro atoms. The second kappa shape index (κ2) is 11.6. The minimum absolute atomic E-state index is 0.0119. The molecular weight excluding hydrogens is 446 g/mol. The molecule has 8 atom stereocenters. The summed E-state index contributed by atoms with van der Waals surface area (Å²) in [6, 6.07) is 0.425. The highest BCUT2D eigenvalue weighted by atomic mass is 16.5. The average Bonchev–Trinajstić information content (AvgIpc) is 3.21. The van der Waals surface area contributed by atoms with E-state index in [1.54, 1.807) is 0 Å². The van der Waals surface area contributed by atoms with E-state index in [2.05, 4.69) is 32.3 Å². The van der Waals surface area contributed by atoms with Gasteiger partial charge in [0.15, 0.2) is 0 Å². The maximum absolute atomic E-state index is 12.7. The van der Waals surface area contributed by atoms with Crippen molar-refractivity contribution in [3.8, 4) is 0 Å². The lowest BCUT2D eigenvalue weighted by atomic mass is 9.46. The van der Waals surface area contributed by atoms with Crippen molar-refractivity contribution in [1.29, 1.82) is 0 Å². The van der Waals surface area contributed by atoms with Crippen molar-refractivity contribution >= 4 is 11.9 Å². The largest absolute Gasteiger partial charge is 0.462 e. The summed E-state index contributed by atoms with van der Waals surface area (Å²) in [5.41, 5.74) is 0.556. The molecule has 0 aromatic carbocycles. The van der Waals surface area contributed by atoms with Crippen LogP contribution in [0.15, 0.2) is 12.7 Å². The van der Waals surface area contributed by atoms with Gasteiger partial charge in [-0.15, -0.1) is 6.58 Å². The molecule has 4 rings (SSSR count). The summed E-state index contributed by atoms with van der Waals surface area (Å²) in [5.74, 6) is 3.08. The molecule has 0 N–H and O–H groups in total. The number of amides is 1. The van der Waals surface area contributed by atoms with Crippen LogP contribution in [-0.2, 0) is 14.3 Å². The van der Waals surface area contributed by atoms with Crippen molar-refractivity contribution in [2.75, 3.05) is 7.05 Å². The van der Waals surface area contributed by atoms with Crippen LogP contribution in [0.2, 0.25) is 0 Å². The van der Waals surface area contributed by atoms with E-state index in [1.807, 2.05) is 13.1 Å². The van der Waals surface area contributed by atoms with Crippen molar-refractivity contribution in [3.63, 3.8) is 0 Å². The van der Waals surface area contributed by atoms with Crippen LogP contribution in [0.4, 0.5) is 0 Å². The Morgan fingerprint density at radius 1 is 1.00 bits per heavy atom. The van der Waals surface area contributed by atoms with Crippen LogP contribution in [0.5, 0.6) is 0 Å². The number of nitrogens with zero attached hydrogens (tertiary/aromatic N) is 1. The van der Waals surface area contributed by atoms with Crippen LogP contribution in [0.25, 0.3) is 0 Å². The molecule has 3 aliphatic carbocycles. The molecule has 1 amide bonds. The van der Waals surface area contributed by atoms with E-state index in [0.717, 1.165) is 56.3 Å². The zero-order valence-electron chi connectivity index (χ0n) is 23.7. The number of allylic oxidation sites excluding steroid dienone is 1. The Morgan fingerprint density at radius 2 is 1.69 bits per heavy atom. The fourth-order valence-corrected chi connectivity index (χ4v) is 9.58. The number of esters is 1. The number of unbranched alkanes of at least 4 members (excludes halogenated alkanes) is 6. The van der Waals surface area contributed by atoms with E-state index in [9.17, 15) is 9.59 Å². The second-order valence-electron chi connectivity index (χ2n) is 13.4. The van der Waals surface area contributed by atoms with E-state index in [1.165, 1.54) is 57.8 Å². The Kier molecular flexibility index (Phi) is 8.93. The summed E-state index contributed by atoms with van der Waals surface area (Å²) in [6.07, 6.45) is 20.0. The molecule has 0 aromatic heterocycles. The molecule has 1 aliphatic heterocycles. The van der Waals surface area contributed by atoms with Crippen molar-refractivity contribution in [2.24, 2.45) is 34.5 Å². The summed E-state index contributed by atoms with van der Waals surface area (Å²) < 4.78 is 6.08. The first kappa shape index (κ1) is 27.7. The lowest BCUT2D eigenvalue weighted by Crippen LogP contribution is -2.61. The summed E-state index contributed by atoms with van der Waals surface area (Å²) in [7, 11) is 2.05. The van der Waals surface area contributed by atoms with Gasteiger partial charge in [0.1, 0.15) is 6.10 Å². The molecule has 1 heterocycles. The molecule has 0 bridgehead atoms. The molecule has 4 nitrogen and oxygen atoms in total. The summed E-state index contributed by atoms with van der Waals surface area (Å²) >= 11 is 0. The number of carbonyl (C=O) groups excluding carboxylic acids is 2. The molecule has 3 saturated carbocycles. The maximum atomic E-state index is 12.7. The van der Waals surface area contributed by atoms with Gasteiger partial charge in [0, 0.05) is 31.8 Å². The van der Waals surface area contributed by atoms with Crippen LogP contribution in [0, 0.1) is 34.5 Å². The molecule has 36 heavy (non-hydrogen) atoms.